The summed E-state index contributed by atoms with van der Waals surface area (Å²) in [4.78, 5) is 0. The zero-order valence-electron chi connectivity index (χ0n) is 17.1. The molecule has 1 heterocycles. The largest absolute Gasteiger partial charge is 0.497 e. The summed E-state index contributed by atoms with van der Waals surface area (Å²) >= 11 is 0. The van der Waals surface area contributed by atoms with Crippen molar-refractivity contribution in [1.29, 1.82) is 0 Å². The molecular formula is C24H33NO2. The molecule has 0 radical (unpaired) electrons. The molecule has 2 aromatic carbocycles. The van der Waals surface area contributed by atoms with Crippen LogP contribution in [0.5, 0.6) is 5.75 Å². The Morgan fingerprint density at radius 2 is 1.81 bits per heavy atom. The van der Waals surface area contributed by atoms with Gasteiger partial charge in [-0.3, -0.25) is 0 Å². The molecule has 0 saturated carbocycles. The minimum absolute atomic E-state index is 0.111. The van der Waals surface area contributed by atoms with Crippen LogP contribution in [0.15, 0.2) is 54.6 Å². The van der Waals surface area contributed by atoms with Gasteiger partial charge < -0.3 is 14.8 Å². The topological polar surface area (TPSA) is 30.5 Å². The lowest BCUT2D eigenvalue weighted by Crippen LogP contribution is -2.44. The smallest absolute Gasteiger partial charge is 0.118 e. The van der Waals surface area contributed by atoms with Gasteiger partial charge in [0.1, 0.15) is 5.75 Å². The first-order valence-electron chi connectivity index (χ1n) is 10.1. The molecule has 0 bridgehead atoms. The van der Waals surface area contributed by atoms with E-state index in [9.17, 15) is 0 Å². The summed E-state index contributed by atoms with van der Waals surface area (Å²) in [5.74, 6) is 1.92. The first-order valence-corrected chi connectivity index (χ1v) is 10.1. The highest BCUT2D eigenvalue weighted by atomic mass is 16.5. The van der Waals surface area contributed by atoms with Crippen molar-refractivity contribution in [3.8, 4) is 5.75 Å². The molecule has 0 aliphatic carbocycles. The Bertz CT molecular complexity index is 696. The molecule has 2 aromatic rings. The number of ether oxygens (including phenoxy) is 2. The van der Waals surface area contributed by atoms with Crippen LogP contribution in [-0.2, 0) is 4.74 Å². The van der Waals surface area contributed by atoms with E-state index in [0.717, 1.165) is 31.7 Å². The maximum absolute atomic E-state index is 6.16. The molecule has 3 unspecified atom stereocenters. The third-order valence-corrected chi connectivity index (χ3v) is 6.03. The molecule has 146 valence electrons. The average molecular weight is 368 g/mol. The van der Waals surface area contributed by atoms with Gasteiger partial charge in [0.05, 0.1) is 12.7 Å². The molecule has 3 heteroatoms. The van der Waals surface area contributed by atoms with Crippen molar-refractivity contribution in [2.24, 2.45) is 5.92 Å². The van der Waals surface area contributed by atoms with Gasteiger partial charge in [-0.25, -0.2) is 0 Å². The zero-order valence-corrected chi connectivity index (χ0v) is 17.1. The van der Waals surface area contributed by atoms with Crippen molar-refractivity contribution >= 4 is 0 Å². The van der Waals surface area contributed by atoms with Crippen LogP contribution in [0.3, 0.4) is 0 Å². The second kappa shape index (κ2) is 8.90. The van der Waals surface area contributed by atoms with E-state index < -0.39 is 0 Å². The van der Waals surface area contributed by atoms with E-state index >= 15 is 0 Å². The van der Waals surface area contributed by atoms with Gasteiger partial charge in [-0.2, -0.15) is 0 Å². The van der Waals surface area contributed by atoms with E-state index in [1.54, 1.807) is 7.11 Å². The molecule has 3 rings (SSSR count). The summed E-state index contributed by atoms with van der Waals surface area (Å²) in [7, 11) is 1.72. The van der Waals surface area contributed by atoms with Crippen molar-refractivity contribution in [3.05, 3.63) is 65.7 Å². The summed E-state index contributed by atoms with van der Waals surface area (Å²) in [6.45, 7) is 8.54. The number of hydrogen-bond donors (Lipinski definition) is 1. The van der Waals surface area contributed by atoms with Crippen molar-refractivity contribution in [1.82, 2.24) is 5.32 Å². The molecule has 27 heavy (non-hydrogen) atoms. The molecule has 1 aliphatic heterocycles. The standard InChI is InChI=1S/C24H33NO2/c1-18(19-8-6-5-7-9-19)25-16-14-23-22(15-17-27-24(23,2)3)20-10-12-21(26-4)13-11-20/h5-13,18,22-23,25H,14-17H2,1-4H3. The molecule has 0 spiro atoms. The normalized spacial score (nSPS) is 23.0. The van der Waals surface area contributed by atoms with E-state index in [4.69, 9.17) is 9.47 Å². The van der Waals surface area contributed by atoms with Gasteiger partial charge in [0.2, 0.25) is 0 Å². The molecule has 1 fully saturated rings. The molecule has 3 atom stereocenters. The van der Waals surface area contributed by atoms with Gasteiger partial charge in [-0.1, -0.05) is 42.5 Å². The fourth-order valence-corrected chi connectivity index (χ4v) is 4.36. The van der Waals surface area contributed by atoms with E-state index in [-0.39, 0.29) is 5.60 Å². The summed E-state index contributed by atoms with van der Waals surface area (Å²) < 4.78 is 11.5. The zero-order chi connectivity index (χ0) is 19.3. The summed E-state index contributed by atoms with van der Waals surface area (Å²) in [5, 5.41) is 3.70. The molecule has 0 amide bonds. The van der Waals surface area contributed by atoms with Crippen molar-refractivity contribution in [3.63, 3.8) is 0 Å². The molecule has 3 nitrogen and oxygen atoms in total. The summed E-state index contributed by atoms with van der Waals surface area (Å²) in [5.41, 5.74) is 2.62. The molecule has 1 aliphatic rings. The Hall–Kier alpha value is -1.84. The molecule has 1 N–H and O–H groups in total. The van der Waals surface area contributed by atoms with Crippen LogP contribution in [0, 0.1) is 5.92 Å². The minimum atomic E-state index is -0.111. The number of methoxy groups -OCH3 is 1. The fraction of sp³-hybridized carbons (Fsp3) is 0.500. The molecule has 0 aromatic heterocycles. The monoisotopic (exact) mass is 367 g/mol. The highest BCUT2D eigenvalue weighted by Crippen LogP contribution is 2.43. The molecular weight excluding hydrogens is 334 g/mol. The van der Waals surface area contributed by atoms with Crippen molar-refractivity contribution < 1.29 is 9.47 Å². The lowest BCUT2D eigenvalue weighted by atomic mass is 9.71. The predicted octanol–water partition coefficient (Wildman–Crippen LogP) is 5.33. The van der Waals surface area contributed by atoms with Crippen molar-refractivity contribution in [2.75, 3.05) is 20.3 Å². The maximum atomic E-state index is 6.16. The second-order valence-corrected chi connectivity index (χ2v) is 8.10. The SMILES string of the molecule is COc1ccc(C2CCOC(C)(C)C2CCNC(C)c2ccccc2)cc1. The third-order valence-electron chi connectivity index (χ3n) is 6.03. The number of hydrogen-bond acceptors (Lipinski definition) is 3. The van der Waals surface area contributed by atoms with Gasteiger partial charge in [-0.05, 0) is 75.3 Å². The van der Waals surface area contributed by atoms with Crippen molar-refractivity contribution in [2.45, 2.75) is 51.2 Å². The van der Waals surface area contributed by atoms with Crippen LogP contribution in [-0.4, -0.2) is 25.9 Å². The van der Waals surface area contributed by atoms with Crippen LogP contribution in [0.2, 0.25) is 0 Å². The Labute approximate surface area is 164 Å². The first-order chi connectivity index (χ1) is 13.0. The van der Waals surface area contributed by atoms with Crippen LogP contribution in [0.25, 0.3) is 0 Å². The number of benzene rings is 2. The Morgan fingerprint density at radius 3 is 2.48 bits per heavy atom. The predicted molar refractivity (Wildman–Crippen MR) is 111 cm³/mol. The average Bonchev–Trinajstić information content (AvgIpc) is 2.69. The lowest BCUT2D eigenvalue weighted by molar-refractivity contribution is -0.106. The van der Waals surface area contributed by atoms with E-state index in [2.05, 4.69) is 80.7 Å². The third kappa shape index (κ3) is 4.91. The fourth-order valence-electron chi connectivity index (χ4n) is 4.36. The van der Waals surface area contributed by atoms with Crippen LogP contribution < -0.4 is 10.1 Å². The Morgan fingerprint density at radius 1 is 1.11 bits per heavy atom. The van der Waals surface area contributed by atoms with E-state index in [1.165, 1.54) is 11.1 Å². The van der Waals surface area contributed by atoms with Crippen LogP contribution in [0.4, 0.5) is 0 Å². The van der Waals surface area contributed by atoms with E-state index in [1.807, 2.05) is 0 Å². The highest BCUT2D eigenvalue weighted by molar-refractivity contribution is 5.30. The van der Waals surface area contributed by atoms with Gasteiger partial charge in [-0.15, -0.1) is 0 Å². The first kappa shape index (κ1) is 19.9. The summed E-state index contributed by atoms with van der Waals surface area (Å²) in [6.07, 6.45) is 2.18. The van der Waals surface area contributed by atoms with Gasteiger partial charge in [0, 0.05) is 12.6 Å². The van der Waals surface area contributed by atoms with Crippen LogP contribution in [0.1, 0.15) is 56.7 Å². The van der Waals surface area contributed by atoms with Crippen LogP contribution >= 0.6 is 0 Å². The van der Waals surface area contributed by atoms with Gasteiger partial charge >= 0.3 is 0 Å². The quantitative estimate of drug-likeness (QED) is 0.717. The lowest BCUT2D eigenvalue weighted by Gasteiger charge is -2.44. The second-order valence-electron chi connectivity index (χ2n) is 8.10. The Balaban J connectivity index is 1.66. The highest BCUT2D eigenvalue weighted by Gasteiger charge is 2.40. The summed E-state index contributed by atoms with van der Waals surface area (Å²) in [6, 6.07) is 19.6. The number of rotatable bonds is 7. The Kier molecular flexibility index (Phi) is 6.56. The van der Waals surface area contributed by atoms with Gasteiger partial charge in [0.15, 0.2) is 0 Å². The molecule has 1 saturated heterocycles. The maximum Gasteiger partial charge on any atom is 0.118 e. The van der Waals surface area contributed by atoms with Gasteiger partial charge in [0.25, 0.3) is 0 Å². The minimum Gasteiger partial charge on any atom is -0.497 e. The van der Waals surface area contributed by atoms with E-state index in [0.29, 0.717) is 17.9 Å². The number of nitrogens with one attached hydrogen (secondary N) is 1.